The Balaban J connectivity index is 1.93. The highest BCUT2D eigenvalue weighted by atomic mass is 16.5. The Bertz CT molecular complexity index is 435. The van der Waals surface area contributed by atoms with Crippen LogP contribution in [0.4, 0.5) is 0 Å². The van der Waals surface area contributed by atoms with Crippen molar-refractivity contribution in [1.29, 1.82) is 0 Å². The lowest BCUT2D eigenvalue weighted by Gasteiger charge is -2.50. The lowest BCUT2D eigenvalue weighted by atomic mass is 9.67. The summed E-state index contributed by atoms with van der Waals surface area (Å²) in [6.45, 7) is 2.22. The van der Waals surface area contributed by atoms with Crippen LogP contribution < -0.4 is 9.47 Å². The smallest absolute Gasteiger partial charge is 0.129 e. The van der Waals surface area contributed by atoms with Gasteiger partial charge in [-0.25, -0.2) is 0 Å². The molecule has 1 N–H and O–H groups in total. The van der Waals surface area contributed by atoms with E-state index < -0.39 is 6.10 Å². The van der Waals surface area contributed by atoms with E-state index in [1.54, 1.807) is 7.11 Å². The topological polar surface area (TPSA) is 38.7 Å². The Hall–Kier alpha value is -1.22. The molecular formula is C14H18O3. The second kappa shape index (κ2) is 3.64. The molecule has 0 aromatic heterocycles. The van der Waals surface area contributed by atoms with Crippen LogP contribution >= 0.6 is 0 Å². The van der Waals surface area contributed by atoms with Gasteiger partial charge in [0, 0.05) is 18.1 Å². The fraction of sp³-hybridized carbons (Fsp3) is 0.571. The van der Waals surface area contributed by atoms with Crippen molar-refractivity contribution in [2.24, 2.45) is 5.92 Å². The Morgan fingerprint density at radius 1 is 1.35 bits per heavy atom. The van der Waals surface area contributed by atoms with Crippen LogP contribution in [-0.2, 0) is 0 Å². The third-order valence-corrected chi connectivity index (χ3v) is 3.91. The molecule has 17 heavy (non-hydrogen) atoms. The highest BCUT2D eigenvalue weighted by molar-refractivity contribution is 5.44. The third kappa shape index (κ3) is 1.69. The number of hydrogen-bond donors (Lipinski definition) is 1. The Kier molecular flexibility index (Phi) is 2.33. The average molecular weight is 234 g/mol. The van der Waals surface area contributed by atoms with Crippen LogP contribution in [-0.4, -0.2) is 17.8 Å². The van der Waals surface area contributed by atoms with Crippen molar-refractivity contribution in [2.75, 3.05) is 7.11 Å². The predicted octanol–water partition coefficient (Wildman–Crippen LogP) is 2.68. The first-order valence-electron chi connectivity index (χ1n) is 6.17. The van der Waals surface area contributed by atoms with Gasteiger partial charge in [0.05, 0.1) is 13.2 Å². The molecule has 1 heterocycles. The molecule has 0 amide bonds. The zero-order chi connectivity index (χ0) is 12.0. The van der Waals surface area contributed by atoms with Gasteiger partial charge in [0.1, 0.15) is 17.1 Å². The number of fused-ring (bicyclic) bond motifs is 1. The second-order valence-electron chi connectivity index (χ2n) is 5.42. The highest BCUT2D eigenvalue weighted by Crippen LogP contribution is 2.51. The molecule has 0 radical (unpaired) electrons. The molecule has 1 atom stereocenters. The maximum absolute atomic E-state index is 10.2. The van der Waals surface area contributed by atoms with E-state index in [0.717, 1.165) is 36.3 Å². The molecule has 0 unspecified atom stereocenters. The monoisotopic (exact) mass is 234 g/mol. The van der Waals surface area contributed by atoms with E-state index in [-0.39, 0.29) is 5.60 Å². The van der Waals surface area contributed by atoms with E-state index in [1.807, 2.05) is 18.2 Å². The first-order valence-corrected chi connectivity index (χ1v) is 6.17. The molecule has 1 aromatic carbocycles. The Morgan fingerprint density at radius 3 is 2.76 bits per heavy atom. The summed E-state index contributed by atoms with van der Waals surface area (Å²) >= 11 is 0. The van der Waals surface area contributed by atoms with Crippen LogP contribution in [0.1, 0.15) is 37.9 Å². The number of ether oxygens (including phenoxy) is 2. The maximum Gasteiger partial charge on any atom is 0.129 e. The molecule has 1 saturated carbocycles. The number of aliphatic hydroxyl groups excluding tert-OH is 1. The molecule has 3 nitrogen and oxygen atoms in total. The first-order chi connectivity index (χ1) is 8.12. The highest BCUT2D eigenvalue weighted by Gasteiger charge is 2.48. The molecule has 3 rings (SSSR count). The normalized spacial score (nSPS) is 34.8. The van der Waals surface area contributed by atoms with E-state index in [4.69, 9.17) is 9.47 Å². The minimum Gasteiger partial charge on any atom is -0.497 e. The summed E-state index contributed by atoms with van der Waals surface area (Å²) in [5.41, 5.74) is 0.758. The summed E-state index contributed by atoms with van der Waals surface area (Å²) in [6, 6.07) is 5.64. The van der Waals surface area contributed by atoms with Crippen LogP contribution in [0.15, 0.2) is 18.2 Å². The number of benzene rings is 1. The van der Waals surface area contributed by atoms with Crippen molar-refractivity contribution < 1.29 is 14.6 Å². The summed E-state index contributed by atoms with van der Waals surface area (Å²) < 4.78 is 11.3. The third-order valence-electron chi connectivity index (χ3n) is 3.91. The van der Waals surface area contributed by atoms with Gasteiger partial charge in [-0.05, 0) is 30.9 Å². The quantitative estimate of drug-likeness (QED) is 0.812. The Labute approximate surface area is 101 Å². The van der Waals surface area contributed by atoms with Gasteiger partial charge in [-0.15, -0.1) is 0 Å². The molecule has 92 valence electrons. The molecule has 1 fully saturated rings. The van der Waals surface area contributed by atoms with Crippen molar-refractivity contribution in [1.82, 2.24) is 0 Å². The number of hydrogen-bond acceptors (Lipinski definition) is 3. The van der Waals surface area contributed by atoms with Gasteiger partial charge in [0.25, 0.3) is 0 Å². The predicted molar refractivity (Wildman–Crippen MR) is 64.3 cm³/mol. The molecule has 3 heteroatoms. The lowest BCUT2D eigenvalue weighted by molar-refractivity contribution is -0.0926. The van der Waals surface area contributed by atoms with Crippen molar-refractivity contribution in [2.45, 2.75) is 37.9 Å². The van der Waals surface area contributed by atoms with Gasteiger partial charge in [-0.2, -0.15) is 0 Å². The van der Waals surface area contributed by atoms with Gasteiger partial charge >= 0.3 is 0 Å². The van der Waals surface area contributed by atoms with Gasteiger partial charge in [0.2, 0.25) is 0 Å². The van der Waals surface area contributed by atoms with Crippen LogP contribution in [0.5, 0.6) is 11.5 Å². The minimum atomic E-state index is -0.405. The van der Waals surface area contributed by atoms with Crippen LogP contribution in [0.2, 0.25) is 0 Å². The SMILES string of the molecule is COc1ccc2c(c1)OC1(CC(C)C1)C[C@H]2O. The van der Waals surface area contributed by atoms with Gasteiger partial charge in [-0.3, -0.25) is 0 Å². The number of rotatable bonds is 1. The molecule has 1 aliphatic carbocycles. The standard InChI is InChI=1S/C14H18O3/c1-9-6-14(7-9)8-12(15)11-4-3-10(16-2)5-13(11)17-14/h3-5,9,12,15H,6-8H2,1-2H3/t9?,12-,14?/m1/s1. The zero-order valence-electron chi connectivity index (χ0n) is 10.3. The van der Waals surface area contributed by atoms with Gasteiger partial charge < -0.3 is 14.6 Å². The maximum atomic E-state index is 10.2. The van der Waals surface area contributed by atoms with Crippen molar-refractivity contribution in [3.63, 3.8) is 0 Å². The molecule has 0 saturated heterocycles. The fourth-order valence-electron chi connectivity index (χ4n) is 3.20. The largest absolute Gasteiger partial charge is 0.497 e. The van der Waals surface area contributed by atoms with E-state index in [1.165, 1.54) is 0 Å². The van der Waals surface area contributed by atoms with E-state index in [0.29, 0.717) is 5.92 Å². The zero-order valence-corrected chi connectivity index (χ0v) is 10.3. The first kappa shape index (κ1) is 10.9. The number of aliphatic hydroxyl groups is 1. The van der Waals surface area contributed by atoms with Crippen molar-refractivity contribution in [3.8, 4) is 11.5 Å². The summed E-state index contributed by atoms with van der Waals surface area (Å²) in [4.78, 5) is 0. The summed E-state index contributed by atoms with van der Waals surface area (Å²) in [6.07, 6.45) is 2.40. The van der Waals surface area contributed by atoms with Crippen molar-refractivity contribution in [3.05, 3.63) is 23.8 Å². The lowest BCUT2D eigenvalue weighted by Crippen LogP contribution is -2.51. The Morgan fingerprint density at radius 2 is 2.12 bits per heavy atom. The molecule has 1 aliphatic heterocycles. The summed E-state index contributed by atoms with van der Waals surface area (Å²) in [5, 5.41) is 10.2. The average Bonchev–Trinajstić information content (AvgIpc) is 2.26. The van der Waals surface area contributed by atoms with E-state index in [9.17, 15) is 5.11 Å². The molecular weight excluding hydrogens is 216 g/mol. The second-order valence-corrected chi connectivity index (χ2v) is 5.42. The van der Waals surface area contributed by atoms with Crippen molar-refractivity contribution >= 4 is 0 Å². The summed E-state index contributed by atoms with van der Waals surface area (Å²) in [5.74, 6) is 2.27. The van der Waals surface area contributed by atoms with E-state index in [2.05, 4.69) is 6.92 Å². The van der Waals surface area contributed by atoms with Gasteiger partial charge in [-0.1, -0.05) is 6.92 Å². The molecule has 0 bridgehead atoms. The summed E-state index contributed by atoms with van der Waals surface area (Å²) in [7, 11) is 1.64. The van der Waals surface area contributed by atoms with Crippen LogP contribution in [0, 0.1) is 5.92 Å². The van der Waals surface area contributed by atoms with Crippen LogP contribution in [0.25, 0.3) is 0 Å². The fourth-order valence-corrected chi connectivity index (χ4v) is 3.20. The van der Waals surface area contributed by atoms with Gasteiger partial charge in [0.15, 0.2) is 0 Å². The molecule has 2 aliphatic rings. The molecule has 1 spiro atoms. The van der Waals surface area contributed by atoms with Crippen LogP contribution in [0.3, 0.4) is 0 Å². The minimum absolute atomic E-state index is 0.127. The number of methoxy groups -OCH3 is 1. The molecule has 1 aromatic rings. The van der Waals surface area contributed by atoms with E-state index >= 15 is 0 Å².